The van der Waals surface area contributed by atoms with E-state index in [2.05, 4.69) is 27.7 Å². The Hall–Kier alpha value is -3.79. The van der Waals surface area contributed by atoms with Crippen LogP contribution >= 0.6 is 0 Å². The second kappa shape index (κ2) is 37.6. The van der Waals surface area contributed by atoms with Gasteiger partial charge in [0.05, 0.1) is 50.8 Å². The zero-order chi connectivity index (χ0) is 65.6. The normalized spacial score (nSPS) is 32.2. The monoisotopic (exact) mass is 1400 g/mol. The fourth-order valence-corrected chi connectivity index (χ4v) is 17.0. The Morgan fingerprint density at radius 2 is 0.908 bits per heavy atom. The number of fused-ring (bicyclic) bond motifs is 1. The molecule has 2 aliphatic heterocycles. The van der Waals surface area contributed by atoms with Crippen molar-refractivity contribution in [3.8, 4) is 0 Å². The second-order valence-corrected chi connectivity index (χ2v) is 33.2. The van der Waals surface area contributed by atoms with Gasteiger partial charge in [0, 0.05) is 37.5 Å². The number of hydrogen-bond acceptors (Lipinski definition) is 16. The minimum atomic E-state index is -0.842. The molecule has 2 N–H and O–H groups in total. The third-order valence-corrected chi connectivity index (χ3v) is 24.3. The fourth-order valence-electron chi connectivity index (χ4n) is 17.0. The molecule has 13 fully saturated rings. The van der Waals surface area contributed by atoms with E-state index in [1.165, 1.54) is 44.9 Å². The van der Waals surface area contributed by atoms with Gasteiger partial charge in [-0.25, -0.2) is 4.79 Å². The highest BCUT2D eigenvalue weighted by Crippen LogP contribution is 2.63. The maximum absolute atomic E-state index is 12.8. The summed E-state index contributed by atoms with van der Waals surface area (Å²) in [5.41, 5.74) is -4.80. The van der Waals surface area contributed by atoms with Crippen LogP contribution in [0.4, 0.5) is 0 Å². The highest BCUT2D eigenvalue weighted by molar-refractivity contribution is 5.83. The highest BCUT2D eigenvalue weighted by Gasteiger charge is 2.66. The predicted molar refractivity (Wildman–Crippen MR) is 401 cm³/mol. The summed E-state index contributed by atoms with van der Waals surface area (Å²) in [5, 5.41) is 21.3. The second-order valence-electron chi connectivity index (χ2n) is 33.2. The van der Waals surface area contributed by atoms with Crippen molar-refractivity contribution in [1.82, 2.24) is 0 Å². The van der Waals surface area contributed by atoms with E-state index >= 15 is 0 Å². The number of hydrogen-bond donors (Lipinski definition) is 2. The largest absolute Gasteiger partial charge is 0.463 e. The summed E-state index contributed by atoms with van der Waals surface area (Å²) < 4.78 is 38.8. The summed E-state index contributed by atoms with van der Waals surface area (Å²) >= 11 is 0. The van der Waals surface area contributed by atoms with E-state index in [0.717, 1.165) is 88.9 Å². The van der Waals surface area contributed by atoms with Gasteiger partial charge >= 0.3 is 41.8 Å². The lowest BCUT2D eigenvalue weighted by molar-refractivity contribution is -0.264. The van der Waals surface area contributed by atoms with Crippen LogP contribution in [0.2, 0.25) is 0 Å². The number of carbonyl (C=O) groups excluding carboxylic acids is 7. The van der Waals surface area contributed by atoms with E-state index in [0.29, 0.717) is 68.3 Å². The Balaban J connectivity index is -0.000000554. The molecular formula is C82H158O16. The highest BCUT2D eigenvalue weighted by atomic mass is 16.6. The number of cyclic esters (lactones) is 1. The van der Waals surface area contributed by atoms with Crippen LogP contribution in [0.15, 0.2) is 0 Å². The molecule has 16 heteroatoms. The number of carbonyl (C=O) groups is 7. The molecule has 13 aliphatic rings. The zero-order valence-corrected chi connectivity index (χ0v) is 57.7. The topological polar surface area (TPSA) is 225 Å². The van der Waals surface area contributed by atoms with Crippen molar-refractivity contribution in [2.45, 2.75) is 399 Å². The smallest absolute Gasteiger partial charge is 0.347 e. The van der Waals surface area contributed by atoms with Crippen LogP contribution in [0.3, 0.4) is 0 Å². The van der Waals surface area contributed by atoms with Crippen molar-refractivity contribution < 1.29 is 76.9 Å². The van der Waals surface area contributed by atoms with Crippen LogP contribution in [0.25, 0.3) is 0 Å². The summed E-state index contributed by atoms with van der Waals surface area (Å²) in [6.45, 7) is 36.2. The molecule has 10 bridgehead atoms. The van der Waals surface area contributed by atoms with Crippen LogP contribution in [0, 0.1) is 80.3 Å². The average molecular weight is 1400 g/mol. The molecule has 11 saturated carbocycles. The molecule has 16 nitrogen and oxygen atoms in total. The Morgan fingerprint density at radius 3 is 1.30 bits per heavy atom. The molecule has 2 saturated heterocycles. The first-order valence-electron chi connectivity index (χ1n) is 34.7. The van der Waals surface area contributed by atoms with Gasteiger partial charge in [0.1, 0.15) is 29.0 Å². The number of esters is 7. The van der Waals surface area contributed by atoms with Crippen molar-refractivity contribution in [2.75, 3.05) is 6.61 Å². The summed E-state index contributed by atoms with van der Waals surface area (Å²) in [4.78, 5) is 83.5. The molecule has 0 spiro atoms. The van der Waals surface area contributed by atoms with Crippen LogP contribution in [0.5, 0.6) is 0 Å². The molecule has 98 heavy (non-hydrogen) atoms. The Morgan fingerprint density at radius 1 is 0.500 bits per heavy atom. The van der Waals surface area contributed by atoms with E-state index in [4.69, 9.17) is 33.2 Å². The van der Waals surface area contributed by atoms with Crippen LogP contribution in [-0.2, 0) is 66.7 Å². The number of aliphatic hydroxyl groups is 2. The first-order chi connectivity index (χ1) is 40.8. The quantitative estimate of drug-likeness (QED) is 0.102. The van der Waals surface area contributed by atoms with Gasteiger partial charge in [-0.1, -0.05) is 130 Å². The van der Waals surface area contributed by atoms with Gasteiger partial charge in [-0.05, 0) is 233 Å². The molecule has 8 atom stereocenters. The van der Waals surface area contributed by atoms with Gasteiger partial charge in [-0.15, -0.1) is 0 Å². The summed E-state index contributed by atoms with van der Waals surface area (Å²) in [7, 11) is 0. The predicted octanol–water partition coefficient (Wildman–Crippen LogP) is 20.2. The molecule has 0 aromatic heterocycles. The molecule has 582 valence electrons. The third-order valence-electron chi connectivity index (χ3n) is 24.3. The first-order valence-corrected chi connectivity index (χ1v) is 34.7. The standard InChI is InChI=1S/C19H32O2.C16H26O4.C14H20O4.C13H24O2.C10H16O4.10CH4/c1-6-18(4,5)17(20)21-19(12(2)3)15-8-13-7-14(10-15)11-16(19)9-13;1-4-13(2,3)12(17)20-16-7-11-5-14(18,9-16)8-15(19,6-11)10-16;1-4-14(2,3)13(16)18-10-7-5-8-9(6-7)12(15)17-11(8)10;1-5-12(3,4)11(14)15-13(6-2)9-7-8-10-13;1-4-10(2,3)9(12)14-7-5-6-13-8(7)11;;;;;;;;;;/h12-16H,6-11H2,1-5H3;11,18-19H,4-10H2,1-3H3;7-11H,4-6H2,1-3H3;5-10H2,1-4H3;7H,4-6H2,1-3H3;10*1H4. The fraction of sp³-hybridized carbons (Fsp3) is 0.915. The molecule has 0 radical (unpaired) electrons. The van der Waals surface area contributed by atoms with Crippen LogP contribution < -0.4 is 0 Å². The van der Waals surface area contributed by atoms with E-state index in [1.807, 2.05) is 83.1 Å². The molecule has 2 heterocycles. The van der Waals surface area contributed by atoms with E-state index < -0.39 is 45.1 Å². The van der Waals surface area contributed by atoms with Gasteiger partial charge in [0.25, 0.3) is 0 Å². The van der Waals surface area contributed by atoms with Gasteiger partial charge in [0.15, 0.2) is 0 Å². The third kappa shape index (κ3) is 21.4. The van der Waals surface area contributed by atoms with Crippen molar-refractivity contribution in [3.63, 3.8) is 0 Å². The molecule has 0 amide bonds. The number of ether oxygens (including phenoxy) is 7. The minimum absolute atomic E-state index is 0. The van der Waals surface area contributed by atoms with Crippen molar-refractivity contribution in [3.05, 3.63) is 0 Å². The molecule has 13 rings (SSSR count). The van der Waals surface area contributed by atoms with E-state index in [-0.39, 0.29) is 156 Å². The molecular weight excluding hydrogens is 1240 g/mol. The summed E-state index contributed by atoms with van der Waals surface area (Å²) in [5.74, 6) is 3.28. The van der Waals surface area contributed by atoms with Crippen molar-refractivity contribution in [1.29, 1.82) is 0 Å². The van der Waals surface area contributed by atoms with Gasteiger partial charge < -0.3 is 43.4 Å². The van der Waals surface area contributed by atoms with E-state index in [9.17, 15) is 43.8 Å². The van der Waals surface area contributed by atoms with Crippen LogP contribution in [-0.4, -0.2) is 105 Å². The maximum Gasteiger partial charge on any atom is 0.347 e. The molecule has 0 aromatic rings. The number of rotatable bonds is 17. The summed E-state index contributed by atoms with van der Waals surface area (Å²) in [6, 6.07) is 0. The molecule has 0 aromatic carbocycles. The molecule has 8 unspecified atom stereocenters. The Labute approximate surface area is 602 Å². The zero-order valence-electron chi connectivity index (χ0n) is 57.7. The van der Waals surface area contributed by atoms with Gasteiger partial charge in [-0.3, -0.25) is 28.8 Å². The van der Waals surface area contributed by atoms with E-state index in [1.54, 1.807) is 13.8 Å². The maximum atomic E-state index is 12.8. The Bertz CT molecular complexity index is 2470. The van der Waals surface area contributed by atoms with Gasteiger partial charge in [-0.2, -0.15) is 0 Å². The first kappa shape index (κ1) is 101. The van der Waals surface area contributed by atoms with Crippen molar-refractivity contribution in [2.24, 2.45) is 80.3 Å². The average Bonchev–Trinajstić information content (AvgIpc) is 1.02. The molecule has 11 aliphatic carbocycles. The minimum Gasteiger partial charge on any atom is -0.463 e. The van der Waals surface area contributed by atoms with Crippen LogP contribution in [0.1, 0.15) is 353 Å². The SMILES string of the molecule is C.C.C.C.C.C.C.C.C.C.CCC(C)(C)C(=O)OC1(C(C)C)C2CC3CC(C2)CC1C3.CCC(C)(C)C(=O)OC12CC3CC(O)(CC(O)(C3)C1)C2.CCC(C)(C)C(=O)OC1C2CC3C(=O)OC1C3C2.CCC(C)(C)C(=O)OC1CCOC1=O.CCC1(OC(=O)C(C)(C)CC)CCCC1. The Kier molecular flexibility index (Phi) is 38.6. The summed E-state index contributed by atoms with van der Waals surface area (Å²) in [6.07, 6.45) is 20.9. The van der Waals surface area contributed by atoms with Gasteiger partial charge in [0.2, 0.25) is 6.10 Å². The van der Waals surface area contributed by atoms with Crippen molar-refractivity contribution >= 4 is 41.8 Å². The lowest BCUT2D eigenvalue weighted by atomic mass is 9.47. The lowest BCUT2D eigenvalue weighted by Crippen LogP contribution is -2.67. The lowest BCUT2D eigenvalue weighted by Gasteiger charge is -2.62.